The van der Waals surface area contributed by atoms with Crippen LogP contribution in [0.15, 0.2) is 59.5 Å². The summed E-state index contributed by atoms with van der Waals surface area (Å²) in [7, 11) is 3.27. The van der Waals surface area contributed by atoms with E-state index < -0.39 is 12.5 Å². The smallest absolute Gasteiger partial charge is 0.387 e. The first-order chi connectivity index (χ1) is 12.9. The van der Waals surface area contributed by atoms with Crippen LogP contribution in [0.25, 0.3) is 6.08 Å². The van der Waals surface area contributed by atoms with Crippen LogP contribution in [-0.4, -0.2) is 36.8 Å². The number of thioether (sulfide) groups is 1. The molecule has 0 atom stereocenters. The quantitative estimate of drug-likeness (QED) is 0.571. The molecule has 0 saturated heterocycles. The molecule has 1 N–H and O–H groups in total. The number of ether oxygens (including phenoxy) is 1. The zero-order valence-corrected chi connectivity index (χ0v) is 15.5. The Hall–Kier alpha value is -2.87. The molecule has 142 valence electrons. The number of nitrogens with one attached hydrogen (secondary N) is 1. The molecule has 0 aliphatic rings. The second-order valence-electron chi connectivity index (χ2n) is 5.50. The molecule has 0 saturated carbocycles. The van der Waals surface area contributed by atoms with Gasteiger partial charge in [0.25, 0.3) is 5.24 Å². The molecular formula is C19H18F2N2O3S. The van der Waals surface area contributed by atoms with Gasteiger partial charge in [-0.05, 0) is 36.0 Å². The van der Waals surface area contributed by atoms with E-state index in [9.17, 15) is 18.4 Å². The molecule has 5 nitrogen and oxygen atoms in total. The lowest BCUT2D eigenvalue weighted by Gasteiger charge is -2.12. The van der Waals surface area contributed by atoms with Gasteiger partial charge in [-0.2, -0.15) is 8.78 Å². The molecule has 0 spiro atoms. The molecule has 0 aromatic heterocycles. The van der Waals surface area contributed by atoms with Crippen LogP contribution < -0.4 is 10.1 Å². The number of benzene rings is 2. The number of para-hydroxylation sites is 2. The van der Waals surface area contributed by atoms with Crippen LogP contribution in [0.4, 0.5) is 19.3 Å². The molecule has 0 heterocycles. The van der Waals surface area contributed by atoms with E-state index >= 15 is 0 Å². The molecule has 8 heteroatoms. The Morgan fingerprint density at radius 3 is 2.48 bits per heavy atom. The van der Waals surface area contributed by atoms with E-state index in [1.807, 2.05) is 0 Å². The number of hydrogen-bond donors (Lipinski definition) is 1. The van der Waals surface area contributed by atoms with E-state index in [-0.39, 0.29) is 11.0 Å². The van der Waals surface area contributed by atoms with Gasteiger partial charge in [0.1, 0.15) is 5.75 Å². The third-order valence-electron chi connectivity index (χ3n) is 3.26. The number of carbonyl (C=O) groups excluding carboxylic acids is 2. The van der Waals surface area contributed by atoms with Gasteiger partial charge in [0, 0.05) is 30.6 Å². The highest BCUT2D eigenvalue weighted by atomic mass is 32.2. The predicted octanol–water partition coefficient (Wildman–Crippen LogP) is 4.71. The van der Waals surface area contributed by atoms with Gasteiger partial charge < -0.3 is 15.0 Å². The molecule has 2 rings (SSSR count). The van der Waals surface area contributed by atoms with Crippen LogP contribution in [0.5, 0.6) is 5.75 Å². The first kappa shape index (κ1) is 20.4. The Kier molecular flexibility index (Phi) is 7.36. The normalized spacial score (nSPS) is 10.9. The Balaban J connectivity index is 2.11. The fraction of sp³-hybridized carbons (Fsp3) is 0.158. The highest BCUT2D eigenvalue weighted by molar-refractivity contribution is 8.13. The maximum atomic E-state index is 12.4. The van der Waals surface area contributed by atoms with Crippen LogP contribution in [0.2, 0.25) is 0 Å². The maximum Gasteiger partial charge on any atom is 0.387 e. The molecule has 0 bridgehead atoms. The molecule has 2 amide bonds. The van der Waals surface area contributed by atoms with E-state index in [2.05, 4.69) is 10.1 Å². The average Bonchev–Trinajstić information content (AvgIpc) is 2.62. The second-order valence-corrected chi connectivity index (χ2v) is 6.49. The SMILES string of the molecule is CN(C)C(=O)Sc1ccccc1NC(=O)/C=C/c1ccccc1OC(F)F. The summed E-state index contributed by atoms with van der Waals surface area (Å²) < 4.78 is 29.3. The minimum atomic E-state index is -2.95. The first-order valence-corrected chi connectivity index (χ1v) is 8.69. The van der Waals surface area contributed by atoms with Crippen molar-refractivity contribution >= 4 is 34.7 Å². The predicted molar refractivity (Wildman–Crippen MR) is 102 cm³/mol. The second kappa shape index (κ2) is 9.72. The number of alkyl halides is 2. The number of hydrogen-bond acceptors (Lipinski definition) is 4. The topological polar surface area (TPSA) is 58.6 Å². The lowest BCUT2D eigenvalue weighted by atomic mass is 10.2. The molecule has 2 aromatic rings. The van der Waals surface area contributed by atoms with Crippen LogP contribution in [0.3, 0.4) is 0 Å². The molecule has 0 unspecified atom stereocenters. The molecule has 0 fully saturated rings. The van der Waals surface area contributed by atoms with Crippen LogP contribution >= 0.6 is 11.8 Å². The van der Waals surface area contributed by atoms with Gasteiger partial charge in [0.2, 0.25) is 5.91 Å². The van der Waals surface area contributed by atoms with Crippen molar-refractivity contribution in [3.8, 4) is 5.75 Å². The van der Waals surface area contributed by atoms with E-state index in [0.717, 1.165) is 11.8 Å². The molecule has 27 heavy (non-hydrogen) atoms. The Morgan fingerprint density at radius 2 is 1.78 bits per heavy atom. The van der Waals surface area contributed by atoms with Gasteiger partial charge in [-0.1, -0.05) is 30.3 Å². The highest BCUT2D eigenvalue weighted by Crippen LogP contribution is 2.28. The summed E-state index contributed by atoms with van der Waals surface area (Å²) in [6.07, 6.45) is 2.59. The fourth-order valence-electron chi connectivity index (χ4n) is 2.01. The molecule has 2 aromatic carbocycles. The van der Waals surface area contributed by atoms with Crippen molar-refractivity contribution in [2.24, 2.45) is 0 Å². The highest BCUT2D eigenvalue weighted by Gasteiger charge is 2.12. The van der Waals surface area contributed by atoms with Crippen molar-refractivity contribution in [1.82, 2.24) is 4.90 Å². The number of amides is 2. The summed E-state index contributed by atoms with van der Waals surface area (Å²) in [5.74, 6) is -0.490. The lowest BCUT2D eigenvalue weighted by molar-refractivity contribution is -0.111. The number of halogens is 2. The van der Waals surface area contributed by atoms with Crippen molar-refractivity contribution in [2.75, 3.05) is 19.4 Å². The summed E-state index contributed by atoms with van der Waals surface area (Å²) in [4.78, 5) is 26.1. The molecular weight excluding hydrogens is 374 g/mol. The van der Waals surface area contributed by atoms with Crippen molar-refractivity contribution in [2.45, 2.75) is 11.5 Å². The van der Waals surface area contributed by atoms with Gasteiger partial charge in [-0.25, -0.2) is 0 Å². The lowest BCUT2D eigenvalue weighted by Crippen LogP contribution is -2.16. The number of nitrogens with zero attached hydrogens (tertiary/aromatic N) is 1. The summed E-state index contributed by atoms with van der Waals surface area (Å²) in [6.45, 7) is -2.95. The fourth-order valence-corrected chi connectivity index (χ4v) is 2.75. The number of rotatable bonds is 6. The van der Waals surface area contributed by atoms with Crippen LogP contribution in [0.1, 0.15) is 5.56 Å². The van der Waals surface area contributed by atoms with Gasteiger partial charge in [-0.3, -0.25) is 9.59 Å². The number of carbonyl (C=O) groups is 2. The van der Waals surface area contributed by atoms with Gasteiger partial charge in [0.05, 0.1) is 5.69 Å². The van der Waals surface area contributed by atoms with Gasteiger partial charge >= 0.3 is 6.61 Å². The van der Waals surface area contributed by atoms with E-state index in [0.29, 0.717) is 16.1 Å². The largest absolute Gasteiger partial charge is 0.434 e. The zero-order valence-electron chi connectivity index (χ0n) is 14.7. The standard InChI is InChI=1S/C19H18F2N2O3S/c1-23(2)19(25)27-16-10-6-4-8-14(16)22-17(24)12-11-13-7-3-5-9-15(13)26-18(20)21/h3-12,18H,1-2H3,(H,22,24)/b12-11+. The minimum absolute atomic E-state index is 0.0240. The monoisotopic (exact) mass is 392 g/mol. The van der Waals surface area contributed by atoms with E-state index in [1.165, 1.54) is 23.1 Å². The van der Waals surface area contributed by atoms with Gasteiger partial charge in [-0.15, -0.1) is 0 Å². The maximum absolute atomic E-state index is 12.4. The van der Waals surface area contributed by atoms with E-state index in [4.69, 9.17) is 0 Å². The van der Waals surface area contributed by atoms with Gasteiger partial charge in [0.15, 0.2) is 0 Å². The molecule has 0 aliphatic carbocycles. The van der Waals surface area contributed by atoms with Crippen LogP contribution in [-0.2, 0) is 4.79 Å². The number of anilines is 1. The third kappa shape index (κ3) is 6.41. The first-order valence-electron chi connectivity index (χ1n) is 7.88. The zero-order chi connectivity index (χ0) is 19.8. The van der Waals surface area contributed by atoms with E-state index in [1.54, 1.807) is 56.6 Å². The van der Waals surface area contributed by atoms with Crippen molar-refractivity contribution in [3.05, 3.63) is 60.2 Å². The molecule has 0 radical (unpaired) electrons. The van der Waals surface area contributed by atoms with Crippen molar-refractivity contribution in [1.29, 1.82) is 0 Å². The Bertz CT molecular complexity index is 841. The summed E-state index contributed by atoms with van der Waals surface area (Å²) in [5, 5.41) is 2.50. The van der Waals surface area contributed by atoms with Crippen LogP contribution in [0, 0.1) is 0 Å². The Morgan fingerprint density at radius 1 is 1.11 bits per heavy atom. The Labute approximate surface area is 160 Å². The minimum Gasteiger partial charge on any atom is -0.434 e. The average molecular weight is 392 g/mol. The summed E-state index contributed by atoms with van der Waals surface area (Å²) in [5.41, 5.74) is 0.822. The third-order valence-corrected chi connectivity index (χ3v) is 4.37. The summed E-state index contributed by atoms with van der Waals surface area (Å²) in [6, 6.07) is 13.0. The van der Waals surface area contributed by atoms with Crippen molar-refractivity contribution in [3.63, 3.8) is 0 Å². The molecule has 0 aliphatic heterocycles. The summed E-state index contributed by atoms with van der Waals surface area (Å²) >= 11 is 0.989. The van der Waals surface area contributed by atoms with Crippen molar-refractivity contribution < 1.29 is 23.1 Å².